The summed E-state index contributed by atoms with van der Waals surface area (Å²) in [6, 6.07) is 8.07. The fourth-order valence-electron chi connectivity index (χ4n) is 1.91. The molecular formula is C19H30O4. The minimum Gasteiger partial charge on any atom is -0.493 e. The fourth-order valence-corrected chi connectivity index (χ4v) is 1.91. The molecule has 4 nitrogen and oxygen atoms in total. The van der Waals surface area contributed by atoms with E-state index in [1.807, 2.05) is 26.0 Å². The zero-order valence-electron chi connectivity index (χ0n) is 15.2. The number of hydrogen-bond acceptors (Lipinski definition) is 4. The summed E-state index contributed by atoms with van der Waals surface area (Å²) in [6.07, 6.45) is 0.259. The van der Waals surface area contributed by atoms with Crippen LogP contribution in [-0.4, -0.2) is 25.5 Å². The van der Waals surface area contributed by atoms with Crippen molar-refractivity contribution in [1.82, 2.24) is 0 Å². The zero-order chi connectivity index (χ0) is 17.5. The molecule has 0 N–H and O–H groups in total. The van der Waals surface area contributed by atoms with Crippen LogP contribution < -0.4 is 4.74 Å². The quantitative estimate of drug-likeness (QED) is 0.521. The molecule has 23 heavy (non-hydrogen) atoms. The second-order valence-electron chi connectivity index (χ2n) is 7.10. The third kappa shape index (κ3) is 7.51. The molecule has 0 saturated heterocycles. The van der Waals surface area contributed by atoms with E-state index in [9.17, 15) is 4.79 Å². The van der Waals surface area contributed by atoms with Gasteiger partial charge >= 0.3 is 5.97 Å². The summed E-state index contributed by atoms with van der Waals surface area (Å²) in [7, 11) is 0. The second-order valence-corrected chi connectivity index (χ2v) is 7.10. The predicted octanol–water partition coefficient (Wildman–Crippen LogP) is 4.53. The van der Waals surface area contributed by atoms with E-state index in [1.54, 1.807) is 0 Å². The Labute approximate surface area is 140 Å². The van der Waals surface area contributed by atoms with Gasteiger partial charge in [0, 0.05) is 0 Å². The highest BCUT2D eigenvalue weighted by atomic mass is 16.7. The highest BCUT2D eigenvalue weighted by molar-refractivity contribution is 5.69. The van der Waals surface area contributed by atoms with Crippen LogP contribution in [0.4, 0.5) is 0 Å². The summed E-state index contributed by atoms with van der Waals surface area (Å²) in [5.41, 5.74) is 1.51. The molecule has 0 amide bonds. The minimum atomic E-state index is -0.316. The number of carbonyl (C=O) groups excluding carboxylic acids is 1. The molecular weight excluding hydrogens is 292 g/mol. The van der Waals surface area contributed by atoms with Crippen LogP contribution in [0, 0.1) is 5.41 Å². The lowest BCUT2D eigenvalue weighted by Gasteiger charge is -2.27. The number of carbonyl (C=O) groups is 1. The Morgan fingerprint density at radius 1 is 1.09 bits per heavy atom. The molecule has 0 spiro atoms. The smallest absolute Gasteiger partial charge is 0.311 e. The molecule has 0 aromatic heterocycles. The average Bonchev–Trinajstić information content (AvgIpc) is 2.46. The first kappa shape index (κ1) is 19.5. The van der Waals surface area contributed by atoms with Gasteiger partial charge in [0.2, 0.25) is 0 Å². The summed E-state index contributed by atoms with van der Waals surface area (Å²) in [6.45, 7) is 13.0. The summed E-state index contributed by atoms with van der Waals surface area (Å²) >= 11 is 0. The number of benzene rings is 1. The van der Waals surface area contributed by atoms with Crippen LogP contribution in [0.5, 0.6) is 5.75 Å². The van der Waals surface area contributed by atoms with Crippen LogP contribution >= 0.6 is 0 Å². The molecule has 0 radical (unpaired) electrons. The van der Waals surface area contributed by atoms with Gasteiger partial charge in [0.05, 0.1) is 19.1 Å². The molecule has 1 aromatic rings. The molecule has 0 aliphatic carbocycles. The summed E-state index contributed by atoms with van der Waals surface area (Å²) in [5.74, 6) is 0.914. The van der Waals surface area contributed by atoms with Crippen molar-refractivity contribution in [2.45, 2.75) is 60.0 Å². The van der Waals surface area contributed by atoms with E-state index in [4.69, 9.17) is 14.2 Å². The zero-order valence-corrected chi connectivity index (χ0v) is 15.2. The largest absolute Gasteiger partial charge is 0.493 e. The van der Waals surface area contributed by atoms with Gasteiger partial charge in [-0.1, -0.05) is 39.8 Å². The first-order valence-electron chi connectivity index (χ1n) is 8.20. The number of rotatable bonds is 8. The van der Waals surface area contributed by atoms with Crippen molar-refractivity contribution < 1.29 is 19.0 Å². The van der Waals surface area contributed by atoms with Gasteiger partial charge in [-0.3, -0.25) is 4.79 Å². The van der Waals surface area contributed by atoms with Gasteiger partial charge in [0.15, 0.2) is 6.79 Å². The maximum absolute atomic E-state index is 11.5. The summed E-state index contributed by atoms with van der Waals surface area (Å²) in [5, 5.41) is 0. The molecule has 1 atom stereocenters. The first-order valence-corrected chi connectivity index (χ1v) is 8.20. The fraction of sp³-hybridized carbons (Fsp3) is 0.632. The van der Waals surface area contributed by atoms with Crippen molar-refractivity contribution in [1.29, 1.82) is 0 Å². The average molecular weight is 322 g/mol. The molecule has 1 aromatic carbocycles. The van der Waals surface area contributed by atoms with Gasteiger partial charge < -0.3 is 14.2 Å². The van der Waals surface area contributed by atoms with E-state index in [1.165, 1.54) is 5.56 Å². The van der Waals surface area contributed by atoms with E-state index in [2.05, 4.69) is 39.8 Å². The molecule has 0 aliphatic rings. The van der Waals surface area contributed by atoms with Crippen LogP contribution in [0.2, 0.25) is 0 Å². The van der Waals surface area contributed by atoms with Gasteiger partial charge in [-0.15, -0.1) is 0 Å². The van der Waals surface area contributed by atoms with Crippen molar-refractivity contribution in [3.63, 3.8) is 0 Å². The van der Waals surface area contributed by atoms with Crippen LogP contribution in [0.3, 0.4) is 0 Å². The highest BCUT2D eigenvalue weighted by Gasteiger charge is 2.21. The van der Waals surface area contributed by atoms with Crippen LogP contribution in [0.1, 0.15) is 59.4 Å². The van der Waals surface area contributed by atoms with Gasteiger partial charge in [0.1, 0.15) is 5.75 Å². The van der Waals surface area contributed by atoms with E-state index >= 15 is 0 Å². The van der Waals surface area contributed by atoms with E-state index in [0.717, 1.165) is 5.75 Å². The summed E-state index contributed by atoms with van der Waals surface area (Å²) in [4.78, 5) is 11.5. The number of hydrogen-bond donors (Lipinski definition) is 0. The Balaban J connectivity index is 2.35. The Morgan fingerprint density at radius 2 is 1.70 bits per heavy atom. The molecule has 0 fully saturated rings. The van der Waals surface area contributed by atoms with Gasteiger partial charge in [-0.2, -0.15) is 0 Å². The maximum Gasteiger partial charge on any atom is 0.311 e. The van der Waals surface area contributed by atoms with Crippen molar-refractivity contribution in [3.05, 3.63) is 29.8 Å². The Kier molecular flexibility index (Phi) is 7.56. The van der Waals surface area contributed by atoms with Crippen LogP contribution in [0.15, 0.2) is 24.3 Å². The van der Waals surface area contributed by atoms with Crippen molar-refractivity contribution >= 4 is 5.97 Å². The van der Waals surface area contributed by atoms with Gasteiger partial charge in [0.25, 0.3) is 0 Å². The molecule has 130 valence electrons. The predicted molar refractivity (Wildman–Crippen MR) is 91.6 cm³/mol. The van der Waals surface area contributed by atoms with Gasteiger partial charge in [-0.05, 0) is 42.9 Å². The van der Waals surface area contributed by atoms with Gasteiger partial charge in [-0.25, -0.2) is 0 Å². The molecule has 0 aliphatic heterocycles. The van der Waals surface area contributed by atoms with Crippen molar-refractivity contribution in [2.75, 3.05) is 13.4 Å². The van der Waals surface area contributed by atoms with E-state index in [0.29, 0.717) is 12.5 Å². The van der Waals surface area contributed by atoms with Crippen LogP contribution in [0.25, 0.3) is 0 Å². The second kappa shape index (κ2) is 8.92. The standard InChI is InChI=1S/C19H30O4/c1-14(2)22-13-23-18(20)11-12-21-17-9-7-16(8-10-17)15(3)19(4,5)6/h7-10,14-15H,11-13H2,1-6H3. The molecule has 1 rings (SSSR count). The molecule has 0 bridgehead atoms. The Bertz CT molecular complexity index is 471. The Morgan fingerprint density at radius 3 is 2.22 bits per heavy atom. The molecule has 4 heteroatoms. The minimum absolute atomic E-state index is 0.00408. The number of esters is 1. The third-order valence-electron chi connectivity index (χ3n) is 3.88. The molecule has 0 heterocycles. The van der Waals surface area contributed by atoms with Crippen molar-refractivity contribution in [3.8, 4) is 5.75 Å². The van der Waals surface area contributed by atoms with E-state index in [-0.39, 0.29) is 30.7 Å². The molecule has 1 unspecified atom stereocenters. The van der Waals surface area contributed by atoms with Crippen molar-refractivity contribution in [2.24, 2.45) is 5.41 Å². The maximum atomic E-state index is 11.5. The topological polar surface area (TPSA) is 44.8 Å². The normalized spacial score (nSPS) is 13.0. The van der Waals surface area contributed by atoms with E-state index < -0.39 is 0 Å². The SMILES string of the molecule is CC(C)OCOC(=O)CCOc1ccc(C(C)C(C)(C)C)cc1. The lowest BCUT2D eigenvalue weighted by Crippen LogP contribution is -2.15. The third-order valence-corrected chi connectivity index (χ3v) is 3.88. The first-order chi connectivity index (χ1) is 10.7. The molecule has 0 saturated carbocycles. The van der Waals surface area contributed by atoms with Crippen LogP contribution in [-0.2, 0) is 14.3 Å². The monoisotopic (exact) mass is 322 g/mol. The highest BCUT2D eigenvalue weighted by Crippen LogP contribution is 2.34. The number of ether oxygens (including phenoxy) is 3. The Hall–Kier alpha value is -1.55. The lowest BCUT2D eigenvalue weighted by atomic mass is 9.78. The lowest BCUT2D eigenvalue weighted by molar-refractivity contribution is -0.159. The summed E-state index contributed by atoms with van der Waals surface area (Å²) < 4.78 is 15.7.